The van der Waals surface area contributed by atoms with E-state index in [2.05, 4.69) is 4.99 Å². The Bertz CT molecular complexity index is 327. The predicted octanol–water partition coefficient (Wildman–Crippen LogP) is 0.469. The molecule has 0 aromatic heterocycles. The predicted molar refractivity (Wildman–Crippen MR) is 69.9 cm³/mol. The Morgan fingerprint density at radius 3 is 2.59 bits per heavy atom. The molecule has 1 atom stereocenters. The molecule has 17 heavy (non-hydrogen) atoms. The van der Waals surface area contributed by atoms with Crippen molar-refractivity contribution in [2.24, 2.45) is 10.7 Å². The van der Waals surface area contributed by atoms with Crippen LogP contribution < -0.4 is 5.73 Å². The van der Waals surface area contributed by atoms with Crippen molar-refractivity contribution in [2.45, 2.75) is 38.2 Å². The van der Waals surface area contributed by atoms with E-state index in [4.69, 9.17) is 10.5 Å². The standard InChI is InChI=1S/C11H20N2O3S/c1-11(2)8(6-9(12)16-11)13-7(10(14)15)4-5-17-3/h6-7,10,14-15H,4-5,12H2,1-3H3. The lowest BCUT2D eigenvalue weighted by atomic mass is 10.0. The maximum absolute atomic E-state index is 9.28. The zero-order valence-electron chi connectivity index (χ0n) is 10.4. The van der Waals surface area contributed by atoms with E-state index in [1.165, 1.54) is 0 Å². The van der Waals surface area contributed by atoms with E-state index in [-0.39, 0.29) is 0 Å². The normalized spacial score (nSPS) is 22.7. The molecule has 1 unspecified atom stereocenters. The summed E-state index contributed by atoms with van der Waals surface area (Å²) in [5.41, 5.74) is 5.63. The molecule has 5 nitrogen and oxygen atoms in total. The van der Waals surface area contributed by atoms with Gasteiger partial charge in [0.15, 0.2) is 12.2 Å². The van der Waals surface area contributed by atoms with Crippen LogP contribution in [0.1, 0.15) is 20.3 Å². The second kappa shape index (κ2) is 5.75. The van der Waals surface area contributed by atoms with Gasteiger partial charge in [-0.2, -0.15) is 11.8 Å². The highest BCUT2D eigenvalue weighted by molar-refractivity contribution is 7.98. The first-order valence-corrected chi connectivity index (χ1v) is 6.85. The summed E-state index contributed by atoms with van der Waals surface area (Å²) in [6.45, 7) is 3.69. The van der Waals surface area contributed by atoms with Crippen LogP contribution >= 0.6 is 11.8 Å². The fraction of sp³-hybridized carbons (Fsp3) is 0.727. The number of aliphatic imine (C=N–C) groups is 1. The van der Waals surface area contributed by atoms with Crippen LogP contribution in [-0.2, 0) is 4.74 Å². The van der Waals surface area contributed by atoms with Gasteiger partial charge in [-0.05, 0) is 32.3 Å². The molecule has 0 aliphatic carbocycles. The number of rotatable bonds is 5. The SMILES string of the molecule is CSCCC(N=C1C=C(N)OC1(C)C)C(O)O. The average Bonchev–Trinajstić information content (AvgIpc) is 2.45. The van der Waals surface area contributed by atoms with Gasteiger partial charge in [0.2, 0.25) is 0 Å². The van der Waals surface area contributed by atoms with Crippen LogP contribution in [-0.4, -0.2) is 45.9 Å². The molecule has 0 saturated carbocycles. The van der Waals surface area contributed by atoms with Crippen molar-refractivity contribution >= 4 is 17.5 Å². The third-order valence-electron chi connectivity index (χ3n) is 2.54. The van der Waals surface area contributed by atoms with Crippen LogP contribution in [0, 0.1) is 0 Å². The van der Waals surface area contributed by atoms with Crippen molar-refractivity contribution in [2.75, 3.05) is 12.0 Å². The van der Waals surface area contributed by atoms with E-state index in [0.29, 0.717) is 18.0 Å². The smallest absolute Gasteiger partial charge is 0.187 e. The highest BCUT2D eigenvalue weighted by atomic mass is 32.2. The number of nitrogens with zero attached hydrogens (tertiary/aromatic N) is 1. The van der Waals surface area contributed by atoms with Crippen molar-refractivity contribution in [3.05, 3.63) is 12.0 Å². The third-order valence-corrected chi connectivity index (χ3v) is 3.18. The van der Waals surface area contributed by atoms with Gasteiger partial charge in [-0.3, -0.25) is 4.99 Å². The monoisotopic (exact) mass is 260 g/mol. The number of ether oxygens (including phenoxy) is 1. The van der Waals surface area contributed by atoms with Gasteiger partial charge in [0.05, 0.1) is 5.71 Å². The summed E-state index contributed by atoms with van der Waals surface area (Å²) in [6.07, 6.45) is 2.75. The lowest BCUT2D eigenvalue weighted by Gasteiger charge is -2.22. The second-order valence-electron chi connectivity index (χ2n) is 4.44. The van der Waals surface area contributed by atoms with Crippen LogP contribution in [0.3, 0.4) is 0 Å². The maximum Gasteiger partial charge on any atom is 0.187 e. The van der Waals surface area contributed by atoms with Crippen molar-refractivity contribution in [3.63, 3.8) is 0 Å². The molecule has 98 valence electrons. The lowest BCUT2D eigenvalue weighted by molar-refractivity contribution is -0.0578. The number of aliphatic hydroxyl groups is 2. The van der Waals surface area contributed by atoms with Gasteiger partial charge in [-0.15, -0.1) is 0 Å². The van der Waals surface area contributed by atoms with Crippen molar-refractivity contribution < 1.29 is 14.9 Å². The molecule has 0 aromatic rings. The molecular formula is C11H20N2O3S. The Kier molecular flexibility index (Phi) is 4.85. The Morgan fingerprint density at radius 2 is 2.18 bits per heavy atom. The minimum Gasteiger partial charge on any atom is -0.467 e. The molecule has 0 amide bonds. The fourth-order valence-corrected chi connectivity index (χ4v) is 2.05. The minimum absolute atomic E-state index is 0.310. The molecule has 0 fully saturated rings. The Hall–Kier alpha value is -0.720. The molecule has 0 radical (unpaired) electrons. The zero-order valence-corrected chi connectivity index (χ0v) is 11.2. The maximum atomic E-state index is 9.28. The first-order chi connectivity index (χ1) is 7.86. The van der Waals surface area contributed by atoms with E-state index in [0.717, 1.165) is 5.75 Å². The highest BCUT2D eigenvalue weighted by Crippen LogP contribution is 2.24. The molecule has 1 rings (SSSR count). The Morgan fingerprint density at radius 1 is 1.53 bits per heavy atom. The van der Waals surface area contributed by atoms with E-state index < -0.39 is 17.9 Å². The summed E-state index contributed by atoms with van der Waals surface area (Å²) in [5, 5.41) is 18.6. The van der Waals surface area contributed by atoms with Crippen LogP contribution in [0.4, 0.5) is 0 Å². The molecule has 0 spiro atoms. The summed E-state index contributed by atoms with van der Waals surface area (Å²) >= 11 is 1.64. The average molecular weight is 260 g/mol. The van der Waals surface area contributed by atoms with Gasteiger partial charge < -0.3 is 20.7 Å². The quantitative estimate of drug-likeness (QED) is 0.625. The topological polar surface area (TPSA) is 88.1 Å². The Balaban J connectivity index is 2.82. The van der Waals surface area contributed by atoms with E-state index in [9.17, 15) is 10.2 Å². The van der Waals surface area contributed by atoms with Gasteiger partial charge in [0.1, 0.15) is 11.6 Å². The zero-order chi connectivity index (χ0) is 13.1. The third kappa shape index (κ3) is 3.90. The van der Waals surface area contributed by atoms with Crippen LogP contribution in [0.25, 0.3) is 0 Å². The fourth-order valence-electron chi connectivity index (χ4n) is 1.58. The molecule has 0 aromatic carbocycles. The van der Waals surface area contributed by atoms with Crippen LogP contribution in [0.2, 0.25) is 0 Å². The van der Waals surface area contributed by atoms with E-state index in [1.807, 2.05) is 20.1 Å². The molecule has 1 heterocycles. The molecular weight excluding hydrogens is 240 g/mol. The molecule has 0 bridgehead atoms. The van der Waals surface area contributed by atoms with Crippen LogP contribution in [0.15, 0.2) is 17.0 Å². The van der Waals surface area contributed by atoms with Crippen molar-refractivity contribution in [3.8, 4) is 0 Å². The lowest BCUT2D eigenvalue weighted by Crippen LogP contribution is -2.33. The number of aliphatic hydroxyl groups excluding tert-OH is 1. The largest absolute Gasteiger partial charge is 0.467 e. The molecule has 1 aliphatic heterocycles. The Labute approximate surface area is 106 Å². The van der Waals surface area contributed by atoms with Crippen molar-refractivity contribution in [1.29, 1.82) is 0 Å². The van der Waals surface area contributed by atoms with Crippen LogP contribution in [0.5, 0.6) is 0 Å². The minimum atomic E-state index is -1.46. The number of thioether (sulfide) groups is 1. The first-order valence-electron chi connectivity index (χ1n) is 5.46. The van der Waals surface area contributed by atoms with E-state index >= 15 is 0 Å². The highest BCUT2D eigenvalue weighted by Gasteiger charge is 2.33. The summed E-state index contributed by atoms with van der Waals surface area (Å²) in [4.78, 5) is 4.34. The number of hydrogen-bond acceptors (Lipinski definition) is 6. The van der Waals surface area contributed by atoms with Gasteiger partial charge >= 0.3 is 0 Å². The molecule has 6 heteroatoms. The summed E-state index contributed by atoms with van der Waals surface area (Å²) in [7, 11) is 0. The molecule has 1 aliphatic rings. The molecule has 4 N–H and O–H groups in total. The number of nitrogens with two attached hydrogens (primary N) is 1. The van der Waals surface area contributed by atoms with Gasteiger partial charge in [-0.25, -0.2) is 0 Å². The first kappa shape index (κ1) is 14.3. The summed E-state index contributed by atoms with van der Waals surface area (Å²) in [5.74, 6) is 1.13. The van der Waals surface area contributed by atoms with Gasteiger partial charge in [0, 0.05) is 6.08 Å². The molecule has 0 saturated heterocycles. The second-order valence-corrected chi connectivity index (χ2v) is 5.42. The van der Waals surface area contributed by atoms with E-state index in [1.54, 1.807) is 17.8 Å². The van der Waals surface area contributed by atoms with Gasteiger partial charge in [-0.1, -0.05) is 0 Å². The van der Waals surface area contributed by atoms with Crippen molar-refractivity contribution in [1.82, 2.24) is 0 Å². The number of hydrogen-bond donors (Lipinski definition) is 3. The summed E-state index contributed by atoms with van der Waals surface area (Å²) in [6, 6.07) is -0.539. The van der Waals surface area contributed by atoms with Gasteiger partial charge in [0.25, 0.3) is 0 Å². The summed E-state index contributed by atoms with van der Waals surface area (Å²) < 4.78 is 5.39.